The summed E-state index contributed by atoms with van der Waals surface area (Å²) in [6.45, 7) is 3.18. The molecule has 1 amide bonds. The van der Waals surface area contributed by atoms with Crippen LogP contribution in [-0.2, 0) is 12.1 Å². The first-order valence-electron chi connectivity index (χ1n) is 9.64. The van der Waals surface area contributed by atoms with Crippen molar-refractivity contribution in [3.05, 3.63) is 70.8 Å². The largest absolute Gasteiger partial charge is 0.343 e. The van der Waals surface area contributed by atoms with Crippen LogP contribution in [-0.4, -0.2) is 23.9 Å². The van der Waals surface area contributed by atoms with Crippen molar-refractivity contribution >= 4 is 5.91 Å². The van der Waals surface area contributed by atoms with Crippen LogP contribution in [0.2, 0.25) is 0 Å². The van der Waals surface area contributed by atoms with Gasteiger partial charge in [-0.25, -0.2) is 8.78 Å². The van der Waals surface area contributed by atoms with Gasteiger partial charge in [0.2, 0.25) is 0 Å². The van der Waals surface area contributed by atoms with E-state index >= 15 is 0 Å². The van der Waals surface area contributed by atoms with E-state index in [1.54, 1.807) is 0 Å². The molecular formula is C22H24F2N2O. The molecule has 3 nitrogen and oxygen atoms in total. The van der Waals surface area contributed by atoms with E-state index in [4.69, 9.17) is 0 Å². The topological polar surface area (TPSA) is 32.3 Å². The number of hydrogen-bond acceptors (Lipinski definition) is 2. The number of carbonyl (C=O) groups is 1. The number of rotatable bonds is 5. The minimum atomic E-state index is -0.646. The Balaban J connectivity index is 1.42. The normalized spacial score (nSPS) is 18.9. The number of carbonyl (C=O) groups excluding carboxylic acids is 1. The van der Waals surface area contributed by atoms with Gasteiger partial charge >= 0.3 is 0 Å². The Morgan fingerprint density at radius 3 is 2.19 bits per heavy atom. The van der Waals surface area contributed by atoms with E-state index in [2.05, 4.69) is 10.2 Å². The fraction of sp³-hybridized carbons (Fsp3) is 0.409. The summed E-state index contributed by atoms with van der Waals surface area (Å²) < 4.78 is 27.1. The van der Waals surface area contributed by atoms with Gasteiger partial charge in [-0.3, -0.25) is 9.69 Å². The average molecular weight is 370 g/mol. The Labute approximate surface area is 158 Å². The molecule has 2 aliphatic rings. The first kappa shape index (κ1) is 18.1. The molecular weight excluding hydrogens is 346 g/mol. The Kier molecular flexibility index (Phi) is 4.96. The lowest BCUT2D eigenvalue weighted by molar-refractivity contribution is 0.0930. The molecule has 1 saturated carbocycles. The van der Waals surface area contributed by atoms with E-state index in [0.29, 0.717) is 24.0 Å². The molecule has 1 aliphatic heterocycles. The highest BCUT2D eigenvalue weighted by Crippen LogP contribution is 2.46. The fourth-order valence-corrected chi connectivity index (χ4v) is 3.87. The van der Waals surface area contributed by atoms with Gasteiger partial charge in [-0.2, -0.15) is 0 Å². The van der Waals surface area contributed by atoms with Crippen molar-refractivity contribution in [2.24, 2.45) is 0 Å². The van der Waals surface area contributed by atoms with E-state index in [9.17, 15) is 13.6 Å². The molecule has 0 spiro atoms. The van der Waals surface area contributed by atoms with Crippen LogP contribution in [0.4, 0.5) is 8.78 Å². The Morgan fingerprint density at radius 1 is 0.963 bits per heavy atom. The quantitative estimate of drug-likeness (QED) is 0.848. The molecule has 142 valence electrons. The highest BCUT2D eigenvalue weighted by molar-refractivity contribution is 5.95. The van der Waals surface area contributed by atoms with Gasteiger partial charge in [-0.1, -0.05) is 18.6 Å². The van der Waals surface area contributed by atoms with E-state index in [1.807, 2.05) is 24.3 Å². The monoisotopic (exact) mass is 370 g/mol. The summed E-state index contributed by atoms with van der Waals surface area (Å²) in [5, 5.41) is 2.97. The third kappa shape index (κ3) is 4.19. The second kappa shape index (κ2) is 7.39. The molecule has 2 aromatic carbocycles. The van der Waals surface area contributed by atoms with Crippen LogP contribution in [0.15, 0.2) is 42.5 Å². The summed E-state index contributed by atoms with van der Waals surface area (Å²) in [7, 11) is 0. The van der Waals surface area contributed by atoms with Gasteiger partial charge < -0.3 is 5.32 Å². The number of halogens is 2. The molecule has 5 heteroatoms. The van der Waals surface area contributed by atoms with Crippen LogP contribution in [0.1, 0.15) is 53.6 Å². The minimum Gasteiger partial charge on any atom is -0.343 e. The summed E-state index contributed by atoms with van der Waals surface area (Å²) in [4.78, 5) is 15.1. The lowest BCUT2D eigenvalue weighted by atomic mass is 10.0. The van der Waals surface area contributed by atoms with Gasteiger partial charge in [0.05, 0.1) is 5.54 Å². The van der Waals surface area contributed by atoms with Gasteiger partial charge in [-0.15, -0.1) is 0 Å². The molecule has 0 radical (unpaired) electrons. The predicted molar refractivity (Wildman–Crippen MR) is 100 cm³/mol. The van der Waals surface area contributed by atoms with Crippen molar-refractivity contribution in [2.75, 3.05) is 13.1 Å². The summed E-state index contributed by atoms with van der Waals surface area (Å²) in [5.74, 6) is -1.44. The molecule has 1 saturated heterocycles. The molecule has 1 aliphatic carbocycles. The van der Waals surface area contributed by atoms with Crippen LogP contribution < -0.4 is 5.32 Å². The van der Waals surface area contributed by atoms with Crippen LogP contribution in [0.25, 0.3) is 0 Å². The van der Waals surface area contributed by atoms with Crippen molar-refractivity contribution in [1.29, 1.82) is 0 Å². The van der Waals surface area contributed by atoms with E-state index in [-0.39, 0.29) is 5.91 Å². The van der Waals surface area contributed by atoms with Crippen LogP contribution in [0.5, 0.6) is 0 Å². The number of likely N-dealkylation sites (tertiary alicyclic amines) is 1. The van der Waals surface area contributed by atoms with E-state index in [0.717, 1.165) is 25.7 Å². The van der Waals surface area contributed by atoms with Crippen molar-refractivity contribution < 1.29 is 13.6 Å². The lowest BCUT2D eigenvalue weighted by Crippen LogP contribution is -2.35. The third-order valence-electron chi connectivity index (χ3n) is 5.59. The second-order valence-electron chi connectivity index (χ2n) is 7.73. The number of benzene rings is 2. The molecule has 1 N–H and O–H groups in total. The maximum absolute atomic E-state index is 13.5. The molecule has 2 aromatic rings. The first-order chi connectivity index (χ1) is 13.0. The highest BCUT2D eigenvalue weighted by atomic mass is 19.1. The number of amides is 1. The van der Waals surface area contributed by atoms with Gasteiger partial charge in [0.1, 0.15) is 11.6 Å². The fourth-order valence-electron chi connectivity index (χ4n) is 3.87. The zero-order valence-corrected chi connectivity index (χ0v) is 15.3. The molecule has 2 fully saturated rings. The number of nitrogens with one attached hydrogen (secondary N) is 1. The van der Waals surface area contributed by atoms with Crippen molar-refractivity contribution in [2.45, 2.75) is 44.2 Å². The van der Waals surface area contributed by atoms with Crippen LogP contribution in [0, 0.1) is 11.6 Å². The molecule has 0 unspecified atom stereocenters. The van der Waals surface area contributed by atoms with Crippen molar-refractivity contribution in [3.63, 3.8) is 0 Å². The standard InChI is InChI=1S/C22H24F2N2O/c23-19-12-18(13-20(24)14-19)22(8-9-22)25-21(27)17-6-4-16(5-7-17)15-26-10-2-1-3-11-26/h4-7,12-14H,1-3,8-11,15H2,(H,25,27). The van der Waals surface area contributed by atoms with E-state index < -0.39 is 17.2 Å². The SMILES string of the molecule is O=C(NC1(c2cc(F)cc(F)c2)CC1)c1ccc(CN2CCCCC2)cc1. The smallest absolute Gasteiger partial charge is 0.251 e. The van der Waals surface area contributed by atoms with Gasteiger partial charge in [0.25, 0.3) is 5.91 Å². The Bertz CT molecular complexity index is 804. The Hall–Kier alpha value is -2.27. The molecule has 1 heterocycles. The van der Waals surface area contributed by atoms with Crippen LogP contribution in [0.3, 0.4) is 0 Å². The maximum Gasteiger partial charge on any atom is 0.251 e. The summed E-state index contributed by atoms with van der Waals surface area (Å²) in [5.41, 5.74) is 1.62. The van der Waals surface area contributed by atoms with Crippen molar-refractivity contribution in [1.82, 2.24) is 10.2 Å². The summed E-state index contributed by atoms with van der Waals surface area (Å²) >= 11 is 0. The van der Waals surface area contributed by atoms with E-state index in [1.165, 1.54) is 37.0 Å². The van der Waals surface area contributed by atoms with Crippen molar-refractivity contribution in [3.8, 4) is 0 Å². The predicted octanol–water partition coefficient (Wildman–Crippen LogP) is 4.37. The lowest BCUT2D eigenvalue weighted by Gasteiger charge is -2.26. The van der Waals surface area contributed by atoms with Gasteiger partial charge in [0, 0.05) is 18.2 Å². The molecule has 0 bridgehead atoms. The zero-order valence-electron chi connectivity index (χ0n) is 15.3. The molecule has 4 rings (SSSR count). The number of piperidine rings is 1. The molecule has 0 aromatic heterocycles. The summed E-state index contributed by atoms with van der Waals surface area (Å²) in [6.07, 6.45) is 5.20. The number of hydrogen-bond donors (Lipinski definition) is 1. The molecule has 27 heavy (non-hydrogen) atoms. The number of nitrogens with zero attached hydrogens (tertiary/aromatic N) is 1. The highest BCUT2D eigenvalue weighted by Gasteiger charge is 2.46. The maximum atomic E-state index is 13.5. The van der Waals surface area contributed by atoms with Gasteiger partial charge in [0.15, 0.2) is 0 Å². The first-order valence-corrected chi connectivity index (χ1v) is 9.64. The van der Waals surface area contributed by atoms with Crippen LogP contribution >= 0.6 is 0 Å². The second-order valence-corrected chi connectivity index (χ2v) is 7.73. The zero-order chi connectivity index (χ0) is 18.9. The average Bonchev–Trinajstić information content (AvgIpc) is 3.43. The molecule has 0 atom stereocenters. The summed E-state index contributed by atoms with van der Waals surface area (Å²) in [6, 6.07) is 11.1. The van der Waals surface area contributed by atoms with Gasteiger partial charge in [-0.05, 0) is 74.2 Å². The minimum absolute atomic E-state index is 0.207. The Morgan fingerprint density at radius 2 is 1.59 bits per heavy atom. The third-order valence-corrected chi connectivity index (χ3v) is 5.59.